The summed E-state index contributed by atoms with van der Waals surface area (Å²) in [5.74, 6) is 0. The predicted octanol–water partition coefficient (Wildman–Crippen LogP) is 1.92. The van der Waals surface area contributed by atoms with Gasteiger partial charge in [0.15, 0.2) is 12.6 Å². The van der Waals surface area contributed by atoms with Gasteiger partial charge >= 0.3 is 0 Å². The van der Waals surface area contributed by atoms with E-state index in [4.69, 9.17) is 28.4 Å². The lowest BCUT2D eigenvalue weighted by atomic mass is 10.0. The normalized spacial score (nSPS) is 30.0. The number of hydrogen-bond acceptors (Lipinski definition) is 10. The fourth-order valence-electron chi connectivity index (χ4n) is 5.09. The lowest BCUT2D eigenvalue weighted by Gasteiger charge is -2.31. The van der Waals surface area contributed by atoms with Gasteiger partial charge in [-0.2, -0.15) is 0 Å². The van der Waals surface area contributed by atoms with E-state index in [1.54, 1.807) is 0 Å². The van der Waals surface area contributed by atoms with E-state index in [-0.39, 0.29) is 26.4 Å². The molecule has 2 fully saturated rings. The molecule has 3 aromatic carbocycles. The monoisotopic (exact) mass is 582 g/mol. The van der Waals surface area contributed by atoms with Gasteiger partial charge in [-0.25, -0.2) is 0 Å². The van der Waals surface area contributed by atoms with Crippen LogP contribution in [0.5, 0.6) is 0 Å². The Labute approximate surface area is 245 Å². The summed E-state index contributed by atoms with van der Waals surface area (Å²) in [5.41, 5.74) is 2.78. The Bertz CT molecular complexity index is 1180. The summed E-state index contributed by atoms with van der Waals surface area (Å²) in [6, 6.07) is 28.7. The molecule has 0 aromatic heterocycles. The maximum Gasteiger partial charge on any atom is 0.187 e. The summed E-state index contributed by atoms with van der Waals surface area (Å²) in [6.07, 6.45) is -9.88. The fraction of sp³-hybridized carbons (Fsp3) is 0.438. The van der Waals surface area contributed by atoms with Crippen molar-refractivity contribution in [3.05, 3.63) is 108 Å². The molecule has 3 aromatic rings. The average molecular weight is 583 g/mol. The highest BCUT2D eigenvalue weighted by atomic mass is 16.7. The molecule has 0 bridgehead atoms. The van der Waals surface area contributed by atoms with E-state index in [1.807, 2.05) is 91.0 Å². The molecule has 2 saturated heterocycles. The van der Waals surface area contributed by atoms with Gasteiger partial charge in [0.25, 0.3) is 0 Å². The first-order chi connectivity index (χ1) is 20.5. The standard InChI is InChI=1S/C32H38O10/c33-16-24-26(34)27(35)32(40-24)41-25(20-37-17-21-10-4-1-5-11-21)28-29(38-18-22-12-6-2-7-13-22)30(31(36)42-28)39-19-23-14-8-3-9-15-23/h1-15,24-36H,16-20H2/t24-,25-,26-,27+,28-,29+,30-,31-,32-/m1/s1. The molecule has 4 N–H and O–H groups in total. The van der Waals surface area contributed by atoms with Gasteiger partial charge in [0.2, 0.25) is 0 Å². The van der Waals surface area contributed by atoms with Crippen molar-refractivity contribution in [2.45, 2.75) is 75.1 Å². The molecule has 2 aliphatic heterocycles. The van der Waals surface area contributed by atoms with E-state index in [1.165, 1.54) is 0 Å². The zero-order chi connectivity index (χ0) is 29.3. The highest BCUT2D eigenvalue weighted by Crippen LogP contribution is 2.33. The molecule has 0 spiro atoms. The van der Waals surface area contributed by atoms with Crippen LogP contribution in [0, 0.1) is 0 Å². The van der Waals surface area contributed by atoms with E-state index in [9.17, 15) is 20.4 Å². The Morgan fingerprint density at radius 2 is 1.17 bits per heavy atom. The zero-order valence-corrected chi connectivity index (χ0v) is 23.1. The minimum absolute atomic E-state index is 0.0185. The predicted molar refractivity (Wildman–Crippen MR) is 150 cm³/mol. The van der Waals surface area contributed by atoms with Crippen molar-refractivity contribution in [2.75, 3.05) is 13.2 Å². The third-order valence-corrected chi connectivity index (χ3v) is 7.36. The van der Waals surface area contributed by atoms with Crippen LogP contribution in [0.4, 0.5) is 0 Å². The molecule has 0 aliphatic carbocycles. The summed E-state index contributed by atoms with van der Waals surface area (Å²) in [5, 5.41) is 41.5. The molecule has 226 valence electrons. The lowest BCUT2D eigenvalue weighted by molar-refractivity contribution is -0.241. The maximum absolute atomic E-state index is 11.0. The van der Waals surface area contributed by atoms with Crippen LogP contribution in [0.15, 0.2) is 91.0 Å². The van der Waals surface area contributed by atoms with E-state index in [2.05, 4.69) is 0 Å². The quantitative estimate of drug-likeness (QED) is 0.223. The van der Waals surface area contributed by atoms with Crippen LogP contribution in [-0.4, -0.2) is 88.9 Å². The highest BCUT2D eigenvalue weighted by Gasteiger charge is 2.52. The number of benzene rings is 3. The summed E-state index contributed by atoms with van der Waals surface area (Å²) in [4.78, 5) is 0. The largest absolute Gasteiger partial charge is 0.394 e. The molecule has 0 saturated carbocycles. The fourth-order valence-corrected chi connectivity index (χ4v) is 5.09. The molecule has 0 radical (unpaired) electrons. The van der Waals surface area contributed by atoms with E-state index >= 15 is 0 Å². The third kappa shape index (κ3) is 7.80. The van der Waals surface area contributed by atoms with Crippen molar-refractivity contribution in [2.24, 2.45) is 0 Å². The van der Waals surface area contributed by atoms with Gasteiger partial charge in [0.05, 0.1) is 33.0 Å². The minimum Gasteiger partial charge on any atom is -0.394 e. The van der Waals surface area contributed by atoms with Gasteiger partial charge in [0, 0.05) is 0 Å². The second kappa shape index (κ2) is 15.1. The molecule has 2 aliphatic rings. The van der Waals surface area contributed by atoms with Gasteiger partial charge in [-0.15, -0.1) is 0 Å². The minimum atomic E-state index is -1.42. The second-order valence-corrected chi connectivity index (χ2v) is 10.4. The van der Waals surface area contributed by atoms with Crippen LogP contribution in [0.1, 0.15) is 16.7 Å². The van der Waals surface area contributed by atoms with Crippen molar-refractivity contribution in [1.29, 1.82) is 0 Å². The van der Waals surface area contributed by atoms with Gasteiger partial charge in [-0.05, 0) is 16.7 Å². The SMILES string of the molecule is OC[C@H]1O[C@H](O[C@H](COCc2ccccc2)[C@H]2O[C@@H](O)[C@H](OCc3ccccc3)[C@H]2OCc2ccccc2)[C@@H](O)[C@@H]1O. The molecular weight excluding hydrogens is 544 g/mol. The molecule has 0 amide bonds. The topological polar surface area (TPSA) is 136 Å². The smallest absolute Gasteiger partial charge is 0.187 e. The van der Waals surface area contributed by atoms with Crippen molar-refractivity contribution in [1.82, 2.24) is 0 Å². The Morgan fingerprint density at radius 3 is 1.69 bits per heavy atom. The molecule has 5 rings (SSSR count). The van der Waals surface area contributed by atoms with E-state index in [0.29, 0.717) is 0 Å². The molecule has 42 heavy (non-hydrogen) atoms. The summed E-state index contributed by atoms with van der Waals surface area (Å²) >= 11 is 0. The van der Waals surface area contributed by atoms with Crippen LogP contribution in [0.2, 0.25) is 0 Å². The first-order valence-electron chi connectivity index (χ1n) is 14.1. The Kier molecular flexibility index (Phi) is 11.1. The van der Waals surface area contributed by atoms with E-state index < -0.39 is 61.9 Å². The van der Waals surface area contributed by atoms with Gasteiger partial charge in [-0.1, -0.05) is 91.0 Å². The van der Waals surface area contributed by atoms with Crippen molar-refractivity contribution < 1.29 is 48.8 Å². The van der Waals surface area contributed by atoms with E-state index in [0.717, 1.165) is 16.7 Å². The molecular formula is C32H38O10. The molecule has 9 atom stereocenters. The number of aliphatic hydroxyl groups is 4. The highest BCUT2D eigenvalue weighted by molar-refractivity contribution is 5.15. The van der Waals surface area contributed by atoms with Crippen LogP contribution < -0.4 is 0 Å². The summed E-state index contributed by atoms with van der Waals surface area (Å²) in [7, 11) is 0. The Morgan fingerprint density at radius 1 is 0.643 bits per heavy atom. The number of rotatable bonds is 14. The number of aliphatic hydroxyl groups excluding tert-OH is 4. The molecule has 2 heterocycles. The van der Waals surface area contributed by atoms with Crippen LogP contribution in [0.3, 0.4) is 0 Å². The number of ether oxygens (including phenoxy) is 6. The molecule has 0 unspecified atom stereocenters. The first-order valence-corrected chi connectivity index (χ1v) is 14.1. The van der Waals surface area contributed by atoms with Crippen LogP contribution >= 0.6 is 0 Å². The van der Waals surface area contributed by atoms with Crippen molar-refractivity contribution >= 4 is 0 Å². The summed E-state index contributed by atoms with van der Waals surface area (Å²) < 4.78 is 36.2. The van der Waals surface area contributed by atoms with Crippen LogP contribution in [-0.2, 0) is 48.2 Å². The number of hydrogen-bond donors (Lipinski definition) is 4. The second-order valence-electron chi connectivity index (χ2n) is 10.4. The third-order valence-electron chi connectivity index (χ3n) is 7.36. The van der Waals surface area contributed by atoms with Gasteiger partial charge < -0.3 is 48.8 Å². The van der Waals surface area contributed by atoms with Gasteiger partial charge in [0.1, 0.15) is 42.7 Å². The van der Waals surface area contributed by atoms with Crippen molar-refractivity contribution in [3.8, 4) is 0 Å². The maximum atomic E-state index is 11.0. The first kappa shape index (κ1) is 30.7. The molecule has 10 heteroatoms. The van der Waals surface area contributed by atoms with Crippen molar-refractivity contribution in [3.63, 3.8) is 0 Å². The lowest BCUT2D eigenvalue weighted by Crippen LogP contribution is -2.47. The van der Waals surface area contributed by atoms with Gasteiger partial charge in [-0.3, -0.25) is 0 Å². The Balaban J connectivity index is 1.36. The average Bonchev–Trinajstić information content (AvgIpc) is 3.49. The Hall–Kier alpha value is -2.74. The zero-order valence-electron chi connectivity index (χ0n) is 23.1. The summed E-state index contributed by atoms with van der Waals surface area (Å²) in [6.45, 7) is 0.193. The molecule has 10 nitrogen and oxygen atoms in total. The van der Waals surface area contributed by atoms with Crippen LogP contribution in [0.25, 0.3) is 0 Å².